The highest BCUT2D eigenvalue weighted by atomic mass is 35.5. The van der Waals surface area contributed by atoms with E-state index in [0.717, 1.165) is 24.0 Å². The number of nitrogens with one attached hydrogen (secondary N) is 1. The van der Waals surface area contributed by atoms with Gasteiger partial charge in [-0.1, -0.05) is 65.7 Å². The molecule has 6 rings (SSSR count). The molecule has 3 heterocycles. The van der Waals surface area contributed by atoms with Crippen molar-refractivity contribution in [3.63, 3.8) is 0 Å². The van der Waals surface area contributed by atoms with Crippen molar-refractivity contribution in [3.8, 4) is 5.75 Å². The smallest absolute Gasteiger partial charge is 0.256 e. The Morgan fingerprint density at radius 1 is 1.11 bits per heavy atom. The van der Waals surface area contributed by atoms with Crippen LogP contribution in [0.25, 0.3) is 0 Å². The first-order chi connectivity index (χ1) is 17.4. The molecule has 3 aromatic carbocycles. The number of para-hydroxylation sites is 2. The molecule has 1 amide bonds. The Morgan fingerprint density at radius 2 is 1.89 bits per heavy atom. The predicted molar refractivity (Wildman–Crippen MR) is 137 cm³/mol. The minimum absolute atomic E-state index is 0.166. The second-order valence-corrected chi connectivity index (χ2v) is 10.3. The van der Waals surface area contributed by atoms with Crippen LogP contribution in [0.5, 0.6) is 5.75 Å². The van der Waals surface area contributed by atoms with Gasteiger partial charge in [0.15, 0.2) is 5.54 Å². The summed E-state index contributed by atoms with van der Waals surface area (Å²) in [6.07, 6.45) is 1.63. The first-order valence-electron chi connectivity index (χ1n) is 11.9. The molecule has 9 heteroatoms. The average molecular weight is 524 g/mol. The van der Waals surface area contributed by atoms with Crippen molar-refractivity contribution in [2.24, 2.45) is 0 Å². The fourth-order valence-corrected chi connectivity index (χ4v) is 6.89. The van der Waals surface area contributed by atoms with Gasteiger partial charge in [-0.2, -0.15) is 0 Å². The second-order valence-electron chi connectivity index (χ2n) is 9.49. The van der Waals surface area contributed by atoms with Gasteiger partial charge in [-0.3, -0.25) is 19.8 Å². The molecule has 3 aliphatic rings. The van der Waals surface area contributed by atoms with Crippen LogP contribution in [0.3, 0.4) is 0 Å². The third-order valence-electron chi connectivity index (χ3n) is 7.77. The number of rotatable bonds is 5. The minimum atomic E-state index is -1.36. The van der Waals surface area contributed by atoms with Crippen LogP contribution in [-0.2, 0) is 16.9 Å². The van der Waals surface area contributed by atoms with E-state index in [4.69, 9.17) is 27.9 Å². The van der Waals surface area contributed by atoms with Crippen LogP contribution in [0, 0.1) is 10.1 Å². The highest BCUT2D eigenvalue weighted by Gasteiger charge is 2.73. The number of nitro groups is 1. The minimum Gasteiger partial charge on any atom is -0.489 e. The largest absolute Gasteiger partial charge is 0.489 e. The highest BCUT2D eigenvalue weighted by Crippen LogP contribution is 2.58. The fraction of sp³-hybridized carbons (Fsp3) is 0.296. The van der Waals surface area contributed by atoms with E-state index in [9.17, 15) is 14.9 Å². The summed E-state index contributed by atoms with van der Waals surface area (Å²) in [5.41, 5.74) is 1.45. The maximum absolute atomic E-state index is 13.6. The Morgan fingerprint density at radius 3 is 2.69 bits per heavy atom. The molecule has 0 aromatic heterocycles. The van der Waals surface area contributed by atoms with Gasteiger partial charge in [0.2, 0.25) is 0 Å². The van der Waals surface area contributed by atoms with E-state index in [1.807, 2.05) is 48.5 Å². The second kappa shape index (κ2) is 8.76. The Hall–Kier alpha value is -3.13. The van der Waals surface area contributed by atoms with Crippen molar-refractivity contribution < 1.29 is 14.5 Å². The van der Waals surface area contributed by atoms with Gasteiger partial charge < -0.3 is 10.1 Å². The topological polar surface area (TPSA) is 84.7 Å². The van der Waals surface area contributed by atoms with Crippen LogP contribution in [0.2, 0.25) is 10.0 Å². The van der Waals surface area contributed by atoms with Gasteiger partial charge in [-0.25, -0.2) is 0 Å². The fourth-order valence-electron chi connectivity index (χ4n) is 6.43. The number of hydrogen-bond donors (Lipinski definition) is 1. The average Bonchev–Trinajstić information content (AvgIpc) is 3.52. The molecule has 0 saturated carbocycles. The summed E-state index contributed by atoms with van der Waals surface area (Å²) < 4.78 is 6.21. The Balaban J connectivity index is 1.45. The van der Waals surface area contributed by atoms with E-state index in [-0.39, 0.29) is 23.5 Å². The standard InChI is InChI=1S/C27H23Cl2N3O4/c28-17-12-11-16(20(29)14-17)15-36-23-10-4-1-6-18(23)24-22-9-5-13-31(22)27(25(24)32(34)35)19-7-2-3-8-21(19)30-26(27)33/h1-4,6-8,10-12,14,22,24-25H,5,9,13,15H2,(H,30,33)/t22-,24-,25+,27-/m0/s1. The van der Waals surface area contributed by atoms with Crippen molar-refractivity contribution in [3.05, 3.63) is 104 Å². The lowest BCUT2D eigenvalue weighted by Crippen LogP contribution is -2.55. The van der Waals surface area contributed by atoms with E-state index in [2.05, 4.69) is 10.2 Å². The summed E-state index contributed by atoms with van der Waals surface area (Å²) in [4.78, 5) is 28.3. The summed E-state index contributed by atoms with van der Waals surface area (Å²) >= 11 is 12.4. The van der Waals surface area contributed by atoms with Gasteiger partial charge in [0, 0.05) is 49.9 Å². The number of amides is 1. The lowest BCUT2D eigenvalue weighted by molar-refractivity contribution is -0.534. The first kappa shape index (κ1) is 23.3. The molecule has 184 valence electrons. The van der Waals surface area contributed by atoms with E-state index in [0.29, 0.717) is 33.6 Å². The molecule has 2 saturated heterocycles. The van der Waals surface area contributed by atoms with Crippen molar-refractivity contribution in [1.82, 2.24) is 4.90 Å². The summed E-state index contributed by atoms with van der Waals surface area (Å²) in [5, 5.41) is 16.8. The summed E-state index contributed by atoms with van der Waals surface area (Å²) in [7, 11) is 0. The molecule has 0 aliphatic carbocycles. The quantitative estimate of drug-likeness (QED) is 0.346. The van der Waals surface area contributed by atoms with Gasteiger partial charge in [0.1, 0.15) is 12.4 Å². The third kappa shape index (κ3) is 3.34. The lowest BCUT2D eigenvalue weighted by Gasteiger charge is -2.32. The zero-order valence-corrected chi connectivity index (χ0v) is 20.7. The number of nitrogens with zero attached hydrogens (tertiary/aromatic N) is 2. The SMILES string of the molecule is O=C1Nc2ccccc2[C@]12[C@H]([N+](=O)[O-])[C@@H](c1ccccc1OCc1ccc(Cl)cc1Cl)[C@@H]1CCCN12. The van der Waals surface area contributed by atoms with Crippen molar-refractivity contribution in [2.45, 2.75) is 43.0 Å². The number of hydrogen-bond acceptors (Lipinski definition) is 5. The number of fused-ring (bicyclic) bond motifs is 4. The van der Waals surface area contributed by atoms with Crippen LogP contribution < -0.4 is 10.1 Å². The Labute approximate surface area is 218 Å². The van der Waals surface area contributed by atoms with Crippen LogP contribution in [-0.4, -0.2) is 34.4 Å². The van der Waals surface area contributed by atoms with Gasteiger partial charge in [-0.05, 0) is 37.1 Å². The molecule has 1 N–H and O–H groups in total. The zero-order valence-electron chi connectivity index (χ0n) is 19.2. The van der Waals surface area contributed by atoms with Crippen LogP contribution in [0.4, 0.5) is 5.69 Å². The number of carbonyl (C=O) groups is 1. The molecule has 7 nitrogen and oxygen atoms in total. The number of anilines is 1. The van der Waals surface area contributed by atoms with Crippen molar-refractivity contribution >= 4 is 34.8 Å². The molecule has 3 aromatic rings. The molecule has 3 aliphatic heterocycles. The molecule has 36 heavy (non-hydrogen) atoms. The zero-order chi connectivity index (χ0) is 25.0. The van der Waals surface area contributed by atoms with E-state index < -0.39 is 17.5 Å². The maximum Gasteiger partial charge on any atom is 0.256 e. The Kier molecular flexibility index (Phi) is 5.67. The molecular weight excluding hydrogens is 501 g/mol. The summed E-state index contributed by atoms with van der Waals surface area (Å²) in [6, 6.07) is 18.6. The van der Waals surface area contributed by atoms with Gasteiger partial charge in [0.25, 0.3) is 11.9 Å². The molecule has 1 spiro atoms. The molecule has 2 fully saturated rings. The van der Waals surface area contributed by atoms with Gasteiger partial charge in [0.05, 0.1) is 5.92 Å². The van der Waals surface area contributed by atoms with Crippen LogP contribution in [0.15, 0.2) is 66.7 Å². The van der Waals surface area contributed by atoms with Crippen LogP contribution >= 0.6 is 23.2 Å². The lowest BCUT2D eigenvalue weighted by atomic mass is 9.77. The summed E-state index contributed by atoms with van der Waals surface area (Å²) in [6.45, 7) is 0.808. The Bertz CT molecular complexity index is 1380. The third-order valence-corrected chi connectivity index (χ3v) is 8.36. The highest BCUT2D eigenvalue weighted by molar-refractivity contribution is 6.35. The predicted octanol–water partition coefficient (Wildman–Crippen LogP) is 5.63. The van der Waals surface area contributed by atoms with E-state index in [1.165, 1.54) is 0 Å². The van der Waals surface area contributed by atoms with Gasteiger partial charge in [-0.15, -0.1) is 0 Å². The number of halogens is 2. The number of carbonyl (C=O) groups excluding carboxylic acids is 1. The van der Waals surface area contributed by atoms with Crippen molar-refractivity contribution in [2.75, 3.05) is 11.9 Å². The first-order valence-corrected chi connectivity index (χ1v) is 12.7. The molecule has 0 unspecified atom stereocenters. The normalized spacial score (nSPS) is 26.6. The van der Waals surface area contributed by atoms with E-state index >= 15 is 0 Å². The summed E-state index contributed by atoms with van der Waals surface area (Å²) in [5.74, 6) is -0.307. The van der Waals surface area contributed by atoms with E-state index in [1.54, 1.807) is 18.2 Å². The van der Waals surface area contributed by atoms with Crippen LogP contribution in [0.1, 0.15) is 35.4 Å². The molecular formula is C27H23Cl2N3O4. The monoisotopic (exact) mass is 523 g/mol. The maximum atomic E-state index is 13.6. The number of benzene rings is 3. The molecule has 4 atom stereocenters. The van der Waals surface area contributed by atoms with Crippen molar-refractivity contribution in [1.29, 1.82) is 0 Å². The van der Waals surface area contributed by atoms with Gasteiger partial charge >= 0.3 is 0 Å². The molecule has 0 radical (unpaired) electrons. The molecule has 0 bridgehead atoms. The number of ether oxygens (including phenoxy) is 1.